The molecular weight excluding hydrogens is 283 g/mol. The molecule has 2 saturated heterocycles. The van der Waals surface area contributed by atoms with Gasteiger partial charge in [0.05, 0.1) is 19.2 Å². The van der Waals surface area contributed by atoms with Gasteiger partial charge in [-0.1, -0.05) is 12.1 Å². The summed E-state index contributed by atoms with van der Waals surface area (Å²) in [4.78, 5) is 16.4. The number of aliphatic hydroxyl groups excluding tert-OH is 1. The SMILES string of the molecule is O=C(c1cccc(CN2CCCC2)c1)N1C[C@@H](F)C[C@H]1CO. The number of alkyl halides is 1. The predicted octanol–water partition coefficient (Wildman–Crippen LogP) is 1.83. The first-order valence-electron chi connectivity index (χ1n) is 8.04. The molecule has 2 aliphatic heterocycles. The molecule has 3 rings (SSSR count). The monoisotopic (exact) mass is 306 g/mol. The normalized spacial score (nSPS) is 25.8. The summed E-state index contributed by atoms with van der Waals surface area (Å²) in [6.45, 7) is 2.98. The summed E-state index contributed by atoms with van der Waals surface area (Å²) in [7, 11) is 0. The van der Waals surface area contributed by atoms with E-state index in [0.717, 1.165) is 25.2 Å². The highest BCUT2D eigenvalue weighted by atomic mass is 19.1. The van der Waals surface area contributed by atoms with Gasteiger partial charge in [0.2, 0.25) is 0 Å². The molecule has 1 N–H and O–H groups in total. The highest BCUT2D eigenvalue weighted by Crippen LogP contribution is 2.23. The molecule has 22 heavy (non-hydrogen) atoms. The molecule has 1 aromatic carbocycles. The van der Waals surface area contributed by atoms with Crippen LogP contribution in [0, 0.1) is 0 Å². The fourth-order valence-corrected chi connectivity index (χ4v) is 3.45. The van der Waals surface area contributed by atoms with E-state index in [1.807, 2.05) is 18.2 Å². The molecule has 0 unspecified atom stereocenters. The van der Waals surface area contributed by atoms with Gasteiger partial charge in [-0.15, -0.1) is 0 Å². The number of hydrogen-bond acceptors (Lipinski definition) is 3. The standard InChI is InChI=1S/C17H23FN2O2/c18-15-9-16(12-21)20(11-15)17(22)14-5-3-4-13(8-14)10-19-6-1-2-7-19/h3-5,8,15-16,21H,1-2,6-7,9-12H2/t15-,16-/m0/s1. The second-order valence-electron chi connectivity index (χ2n) is 6.31. The Morgan fingerprint density at radius 2 is 2.09 bits per heavy atom. The summed E-state index contributed by atoms with van der Waals surface area (Å²) >= 11 is 0. The topological polar surface area (TPSA) is 43.8 Å². The van der Waals surface area contributed by atoms with Crippen molar-refractivity contribution in [2.24, 2.45) is 0 Å². The molecule has 2 fully saturated rings. The zero-order valence-electron chi connectivity index (χ0n) is 12.7. The van der Waals surface area contributed by atoms with E-state index in [1.54, 1.807) is 6.07 Å². The molecule has 1 aromatic rings. The molecule has 4 nitrogen and oxygen atoms in total. The Morgan fingerprint density at radius 3 is 2.82 bits per heavy atom. The van der Waals surface area contributed by atoms with E-state index in [1.165, 1.54) is 17.7 Å². The summed E-state index contributed by atoms with van der Waals surface area (Å²) in [6.07, 6.45) is 1.68. The molecule has 0 aliphatic carbocycles. The summed E-state index contributed by atoms with van der Waals surface area (Å²) in [5.41, 5.74) is 1.70. The lowest BCUT2D eigenvalue weighted by Gasteiger charge is -2.23. The molecule has 5 heteroatoms. The first-order valence-corrected chi connectivity index (χ1v) is 8.04. The van der Waals surface area contributed by atoms with Gasteiger partial charge < -0.3 is 10.0 Å². The first-order chi connectivity index (χ1) is 10.7. The number of aliphatic hydroxyl groups is 1. The van der Waals surface area contributed by atoms with Crippen LogP contribution in [0.15, 0.2) is 24.3 Å². The molecule has 2 aliphatic rings. The van der Waals surface area contributed by atoms with Gasteiger partial charge in [-0.25, -0.2) is 4.39 Å². The lowest BCUT2D eigenvalue weighted by molar-refractivity contribution is 0.0672. The van der Waals surface area contributed by atoms with Crippen molar-refractivity contribution in [3.8, 4) is 0 Å². The van der Waals surface area contributed by atoms with Crippen molar-refractivity contribution in [3.63, 3.8) is 0 Å². The fourth-order valence-electron chi connectivity index (χ4n) is 3.45. The van der Waals surface area contributed by atoms with Crippen LogP contribution in [0.4, 0.5) is 4.39 Å². The van der Waals surface area contributed by atoms with Crippen molar-refractivity contribution in [3.05, 3.63) is 35.4 Å². The minimum Gasteiger partial charge on any atom is -0.394 e. The second kappa shape index (κ2) is 6.75. The van der Waals surface area contributed by atoms with Crippen molar-refractivity contribution < 1.29 is 14.3 Å². The third-order valence-electron chi connectivity index (χ3n) is 4.61. The smallest absolute Gasteiger partial charge is 0.254 e. The minimum atomic E-state index is -1.03. The number of carbonyl (C=O) groups excluding carboxylic acids is 1. The van der Waals surface area contributed by atoms with Gasteiger partial charge in [0, 0.05) is 18.5 Å². The molecule has 0 radical (unpaired) electrons. The third kappa shape index (κ3) is 3.31. The van der Waals surface area contributed by atoms with Crippen LogP contribution < -0.4 is 0 Å². The summed E-state index contributed by atoms with van der Waals surface area (Å²) < 4.78 is 13.5. The molecule has 2 heterocycles. The number of likely N-dealkylation sites (tertiary alicyclic amines) is 2. The maximum atomic E-state index is 13.5. The van der Waals surface area contributed by atoms with E-state index in [0.29, 0.717) is 5.56 Å². The number of carbonyl (C=O) groups is 1. The van der Waals surface area contributed by atoms with Gasteiger partial charge in [0.15, 0.2) is 0 Å². The largest absolute Gasteiger partial charge is 0.394 e. The summed E-state index contributed by atoms with van der Waals surface area (Å²) in [5, 5.41) is 9.33. The Kier molecular flexibility index (Phi) is 4.74. The predicted molar refractivity (Wildman–Crippen MR) is 82.4 cm³/mol. The van der Waals surface area contributed by atoms with Gasteiger partial charge in [-0.05, 0) is 43.6 Å². The Balaban J connectivity index is 1.72. The molecule has 0 bridgehead atoms. The quantitative estimate of drug-likeness (QED) is 0.923. The Bertz CT molecular complexity index is 531. The van der Waals surface area contributed by atoms with Crippen molar-refractivity contribution >= 4 is 5.91 Å². The van der Waals surface area contributed by atoms with E-state index >= 15 is 0 Å². The average molecular weight is 306 g/mol. The molecule has 0 spiro atoms. The van der Waals surface area contributed by atoms with Crippen LogP contribution >= 0.6 is 0 Å². The zero-order valence-corrected chi connectivity index (χ0v) is 12.7. The van der Waals surface area contributed by atoms with E-state index in [4.69, 9.17) is 0 Å². The molecule has 0 aromatic heterocycles. The molecular formula is C17H23FN2O2. The van der Waals surface area contributed by atoms with Gasteiger partial charge in [0.1, 0.15) is 6.17 Å². The van der Waals surface area contributed by atoms with Crippen molar-refractivity contribution in [2.45, 2.75) is 38.0 Å². The number of amides is 1. The van der Waals surface area contributed by atoms with E-state index in [2.05, 4.69) is 4.90 Å². The van der Waals surface area contributed by atoms with Crippen molar-refractivity contribution in [1.29, 1.82) is 0 Å². The minimum absolute atomic E-state index is 0.0837. The van der Waals surface area contributed by atoms with Crippen LogP contribution in [0.1, 0.15) is 35.2 Å². The van der Waals surface area contributed by atoms with Crippen LogP contribution in [0.25, 0.3) is 0 Å². The van der Waals surface area contributed by atoms with Gasteiger partial charge in [0.25, 0.3) is 5.91 Å². The number of rotatable bonds is 4. The Labute approximate surface area is 130 Å². The van der Waals surface area contributed by atoms with Gasteiger partial charge in [-0.2, -0.15) is 0 Å². The number of nitrogens with zero attached hydrogens (tertiary/aromatic N) is 2. The second-order valence-corrected chi connectivity index (χ2v) is 6.31. The van der Waals surface area contributed by atoms with E-state index in [-0.39, 0.29) is 25.5 Å². The Hall–Kier alpha value is -1.46. The average Bonchev–Trinajstić information content (AvgIpc) is 3.16. The third-order valence-corrected chi connectivity index (χ3v) is 4.61. The lowest BCUT2D eigenvalue weighted by Crippen LogP contribution is -2.37. The van der Waals surface area contributed by atoms with Crippen LogP contribution in [0.2, 0.25) is 0 Å². The van der Waals surface area contributed by atoms with Crippen molar-refractivity contribution in [1.82, 2.24) is 9.80 Å². The van der Waals surface area contributed by atoms with E-state index < -0.39 is 12.2 Å². The first kappa shape index (κ1) is 15.4. The number of halogens is 1. The maximum absolute atomic E-state index is 13.5. The molecule has 120 valence electrons. The molecule has 1 amide bonds. The number of hydrogen-bond donors (Lipinski definition) is 1. The highest BCUT2D eigenvalue weighted by molar-refractivity contribution is 5.94. The zero-order chi connectivity index (χ0) is 15.5. The highest BCUT2D eigenvalue weighted by Gasteiger charge is 2.35. The summed E-state index contributed by atoms with van der Waals surface area (Å²) in [5.74, 6) is -0.178. The van der Waals surface area contributed by atoms with E-state index in [9.17, 15) is 14.3 Å². The van der Waals surface area contributed by atoms with Gasteiger partial charge in [-0.3, -0.25) is 9.69 Å². The van der Waals surface area contributed by atoms with Crippen LogP contribution in [0.3, 0.4) is 0 Å². The Morgan fingerprint density at radius 1 is 1.32 bits per heavy atom. The van der Waals surface area contributed by atoms with Crippen LogP contribution in [0.5, 0.6) is 0 Å². The fraction of sp³-hybridized carbons (Fsp3) is 0.588. The molecule has 2 atom stereocenters. The molecule has 0 saturated carbocycles. The summed E-state index contributed by atoms with van der Waals surface area (Å²) in [6, 6.07) is 7.19. The lowest BCUT2D eigenvalue weighted by atomic mass is 10.1. The van der Waals surface area contributed by atoms with Gasteiger partial charge >= 0.3 is 0 Å². The van der Waals surface area contributed by atoms with Crippen LogP contribution in [-0.4, -0.2) is 59.3 Å². The maximum Gasteiger partial charge on any atom is 0.254 e. The van der Waals surface area contributed by atoms with Crippen molar-refractivity contribution in [2.75, 3.05) is 26.2 Å². The van der Waals surface area contributed by atoms with Crippen LogP contribution in [-0.2, 0) is 6.54 Å². The number of benzene rings is 1.